The lowest BCUT2D eigenvalue weighted by molar-refractivity contribution is 0.340. The summed E-state index contributed by atoms with van der Waals surface area (Å²) in [5.74, 6) is 0. The van der Waals surface area contributed by atoms with Gasteiger partial charge in [0.25, 0.3) is 0 Å². The Labute approximate surface area is 102 Å². The summed E-state index contributed by atoms with van der Waals surface area (Å²) in [6.45, 7) is 5.78. The van der Waals surface area contributed by atoms with Crippen LogP contribution in [0.2, 0.25) is 0 Å². The molecule has 3 heteroatoms. The molecule has 1 aliphatic heterocycles. The van der Waals surface area contributed by atoms with Crippen molar-refractivity contribution in [3.63, 3.8) is 0 Å². The molecule has 0 saturated carbocycles. The molecule has 3 nitrogen and oxygen atoms in total. The van der Waals surface area contributed by atoms with Crippen molar-refractivity contribution in [2.24, 2.45) is 0 Å². The van der Waals surface area contributed by atoms with Crippen LogP contribution in [0.25, 0.3) is 5.70 Å². The number of rotatable bonds is 2. The topological polar surface area (TPSA) is 39.1 Å². The first-order valence-corrected chi connectivity index (χ1v) is 5.95. The molecule has 0 bridgehead atoms. The van der Waals surface area contributed by atoms with Crippen molar-refractivity contribution in [3.05, 3.63) is 41.5 Å². The summed E-state index contributed by atoms with van der Waals surface area (Å²) in [5, 5.41) is 12.5. The van der Waals surface area contributed by atoms with Crippen molar-refractivity contribution in [1.82, 2.24) is 10.2 Å². The van der Waals surface area contributed by atoms with E-state index in [0.717, 1.165) is 43.0 Å². The van der Waals surface area contributed by atoms with Crippen LogP contribution in [0.15, 0.2) is 35.9 Å². The number of allylic oxidation sites excluding steroid dienone is 1. The molecular weight excluding hydrogens is 210 g/mol. The van der Waals surface area contributed by atoms with Crippen LogP contribution in [0.5, 0.6) is 0 Å². The van der Waals surface area contributed by atoms with Gasteiger partial charge in [0.2, 0.25) is 0 Å². The fraction of sp³-hybridized carbons (Fsp3) is 0.357. The summed E-state index contributed by atoms with van der Waals surface area (Å²) in [5.41, 5.74) is 3.00. The Hall–Kier alpha value is -1.79. The van der Waals surface area contributed by atoms with E-state index in [0.29, 0.717) is 0 Å². The van der Waals surface area contributed by atoms with E-state index in [2.05, 4.69) is 28.4 Å². The molecule has 2 rings (SSSR count). The highest BCUT2D eigenvalue weighted by molar-refractivity contribution is 5.69. The maximum atomic E-state index is 9.15. The first kappa shape index (κ1) is 11.7. The Morgan fingerprint density at radius 1 is 1.24 bits per heavy atom. The second-order valence-electron chi connectivity index (χ2n) is 4.19. The molecule has 0 unspecified atom stereocenters. The first-order valence-electron chi connectivity index (χ1n) is 5.95. The number of hydrogen-bond acceptors (Lipinski definition) is 3. The molecule has 0 spiro atoms. The standard InChI is InChI=1S/C14H17N3/c1-12(11-15)14(13-5-3-2-4-6-13)17-9-7-16-8-10-17/h2-6,16H,7-10H2,1H3/b14-12-. The SMILES string of the molecule is C/C(C#N)=C(\c1ccccc1)N1CCNCC1. The molecule has 0 radical (unpaired) electrons. The molecule has 1 N–H and O–H groups in total. The van der Waals surface area contributed by atoms with Crippen molar-refractivity contribution in [3.8, 4) is 6.07 Å². The smallest absolute Gasteiger partial charge is 0.0966 e. The fourth-order valence-corrected chi connectivity index (χ4v) is 2.17. The van der Waals surface area contributed by atoms with Gasteiger partial charge in [0.1, 0.15) is 0 Å². The number of hydrogen-bond donors (Lipinski definition) is 1. The van der Waals surface area contributed by atoms with Crippen molar-refractivity contribution in [2.75, 3.05) is 26.2 Å². The summed E-state index contributed by atoms with van der Waals surface area (Å²) in [6, 6.07) is 12.4. The Kier molecular flexibility index (Phi) is 3.79. The zero-order valence-electron chi connectivity index (χ0n) is 10.1. The number of nitrogens with one attached hydrogen (secondary N) is 1. The van der Waals surface area contributed by atoms with E-state index in [1.165, 1.54) is 0 Å². The van der Waals surface area contributed by atoms with Crippen molar-refractivity contribution < 1.29 is 0 Å². The van der Waals surface area contributed by atoms with Gasteiger partial charge in [0, 0.05) is 26.2 Å². The lowest BCUT2D eigenvalue weighted by atomic mass is 10.1. The van der Waals surface area contributed by atoms with Crippen LogP contribution in [0.3, 0.4) is 0 Å². The van der Waals surface area contributed by atoms with E-state index in [9.17, 15) is 0 Å². The lowest BCUT2D eigenvalue weighted by Crippen LogP contribution is -2.42. The summed E-state index contributed by atoms with van der Waals surface area (Å²) in [4.78, 5) is 2.30. The van der Waals surface area contributed by atoms with Crippen LogP contribution in [0, 0.1) is 11.3 Å². The molecule has 0 amide bonds. The van der Waals surface area contributed by atoms with Crippen LogP contribution >= 0.6 is 0 Å². The monoisotopic (exact) mass is 227 g/mol. The quantitative estimate of drug-likeness (QED) is 0.784. The number of nitrogens with zero attached hydrogens (tertiary/aromatic N) is 2. The maximum absolute atomic E-state index is 9.15. The Morgan fingerprint density at radius 3 is 2.47 bits per heavy atom. The summed E-state index contributed by atoms with van der Waals surface area (Å²) in [6.07, 6.45) is 0. The third kappa shape index (κ3) is 2.66. The molecule has 88 valence electrons. The zero-order chi connectivity index (χ0) is 12.1. The van der Waals surface area contributed by atoms with Crippen molar-refractivity contribution >= 4 is 5.70 Å². The van der Waals surface area contributed by atoms with Gasteiger partial charge in [0.05, 0.1) is 17.3 Å². The number of nitriles is 1. The molecular formula is C14H17N3. The van der Waals surface area contributed by atoms with Gasteiger partial charge in [0.15, 0.2) is 0 Å². The summed E-state index contributed by atoms with van der Waals surface area (Å²) in [7, 11) is 0. The average molecular weight is 227 g/mol. The molecule has 0 aliphatic carbocycles. The summed E-state index contributed by atoms with van der Waals surface area (Å²) < 4.78 is 0. The molecule has 0 atom stereocenters. The van der Waals surface area contributed by atoms with Gasteiger partial charge in [-0.1, -0.05) is 30.3 Å². The predicted octanol–water partition coefficient (Wildman–Crippen LogP) is 1.85. The van der Waals surface area contributed by atoms with Gasteiger partial charge in [-0.05, 0) is 12.5 Å². The second kappa shape index (κ2) is 5.51. The van der Waals surface area contributed by atoms with Gasteiger partial charge >= 0.3 is 0 Å². The van der Waals surface area contributed by atoms with Crippen molar-refractivity contribution in [2.45, 2.75) is 6.92 Å². The van der Waals surface area contributed by atoms with Gasteiger partial charge in [-0.3, -0.25) is 0 Å². The molecule has 0 aromatic heterocycles. The molecule has 1 aromatic carbocycles. The van der Waals surface area contributed by atoms with Crippen LogP contribution in [-0.4, -0.2) is 31.1 Å². The minimum absolute atomic E-state index is 0.790. The number of piperazine rings is 1. The third-order valence-corrected chi connectivity index (χ3v) is 3.00. The van der Waals surface area contributed by atoms with Crippen LogP contribution in [0.4, 0.5) is 0 Å². The van der Waals surface area contributed by atoms with Crippen molar-refractivity contribution in [1.29, 1.82) is 5.26 Å². The average Bonchev–Trinajstić information content (AvgIpc) is 2.41. The largest absolute Gasteiger partial charge is 0.368 e. The van der Waals surface area contributed by atoms with E-state index < -0.39 is 0 Å². The van der Waals surface area contributed by atoms with Gasteiger partial charge in [-0.2, -0.15) is 5.26 Å². The normalized spacial score (nSPS) is 17.3. The fourth-order valence-electron chi connectivity index (χ4n) is 2.17. The highest BCUT2D eigenvalue weighted by Gasteiger charge is 2.16. The number of benzene rings is 1. The minimum atomic E-state index is 0.790. The Balaban J connectivity index is 2.36. The van der Waals surface area contributed by atoms with E-state index in [4.69, 9.17) is 5.26 Å². The first-order chi connectivity index (χ1) is 8.33. The van der Waals surface area contributed by atoms with E-state index in [-0.39, 0.29) is 0 Å². The minimum Gasteiger partial charge on any atom is -0.368 e. The van der Waals surface area contributed by atoms with Gasteiger partial charge < -0.3 is 10.2 Å². The molecule has 17 heavy (non-hydrogen) atoms. The van der Waals surface area contributed by atoms with E-state index >= 15 is 0 Å². The van der Waals surface area contributed by atoms with Crippen LogP contribution in [0.1, 0.15) is 12.5 Å². The van der Waals surface area contributed by atoms with Gasteiger partial charge in [-0.15, -0.1) is 0 Å². The molecule has 1 aliphatic rings. The maximum Gasteiger partial charge on any atom is 0.0966 e. The highest BCUT2D eigenvalue weighted by Crippen LogP contribution is 2.23. The highest BCUT2D eigenvalue weighted by atomic mass is 15.2. The van der Waals surface area contributed by atoms with E-state index in [1.807, 2.05) is 25.1 Å². The Bertz CT molecular complexity index is 436. The van der Waals surface area contributed by atoms with E-state index in [1.54, 1.807) is 0 Å². The Morgan fingerprint density at radius 2 is 1.88 bits per heavy atom. The van der Waals surface area contributed by atoms with Gasteiger partial charge in [-0.25, -0.2) is 0 Å². The molecule has 1 fully saturated rings. The lowest BCUT2D eigenvalue weighted by Gasteiger charge is -2.32. The van der Waals surface area contributed by atoms with Crippen LogP contribution in [-0.2, 0) is 0 Å². The summed E-state index contributed by atoms with van der Waals surface area (Å²) >= 11 is 0. The zero-order valence-corrected chi connectivity index (χ0v) is 10.1. The van der Waals surface area contributed by atoms with Crippen LogP contribution < -0.4 is 5.32 Å². The third-order valence-electron chi connectivity index (χ3n) is 3.00. The predicted molar refractivity (Wildman–Crippen MR) is 69.1 cm³/mol. The molecule has 1 heterocycles. The second-order valence-corrected chi connectivity index (χ2v) is 4.19. The molecule has 1 saturated heterocycles. The molecule has 1 aromatic rings.